The van der Waals surface area contributed by atoms with E-state index in [1.54, 1.807) is 63.4 Å². The third-order valence-corrected chi connectivity index (χ3v) is 12.3. The fourth-order valence-corrected chi connectivity index (χ4v) is 8.75. The summed E-state index contributed by atoms with van der Waals surface area (Å²) >= 11 is -2.88. The number of nitrogens with one attached hydrogen (secondary N) is 1. The van der Waals surface area contributed by atoms with E-state index >= 15 is 0 Å². The largest absolute Gasteiger partial charge is 0.755 e. The number of rotatable bonds is 13. The maximum Gasteiger partial charge on any atom is 0.267 e. The molecule has 2 saturated heterocycles. The van der Waals surface area contributed by atoms with Crippen LogP contribution in [0, 0.1) is 17.3 Å². The van der Waals surface area contributed by atoms with Crippen molar-refractivity contribution in [1.29, 1.82) is 0 Å². The molecular weight excluding hydrogens is 775 g/mol. The fraction of sp³-hybridized carbons (Fsp3) is 0.512. The molecule has 2 unspecified atom stereocenters. The van der Waals surface area contributed by atoms with Crippen LogP contribution in [0.25, 0.3) is 22.3 Å². The van der Waals surface area contributed by atoms with Crippen molar-refractivity contribution in [3.05, 3.63) is 61.3 Å². The molecule has 0 radical (unpaired) electrons. The first-order valence-electron chi connectivity index (χ1n) is 19.3. The zero-order valence-electron chi connectivity index (χ0n) is 32.8. The van der Waals surface area contributed by atoms with Crippen molar-refractivity contribution in [3.63, 3.8) is 0 Å². The Morgan fingerprint density at radius 2 is 1.91 bits per heavy atom. The van der Waals surface area contributed by atoms with Crippen LogP contribution >= 0.6 is 0 Å². The number of halogens is 2. The van der Waals surface area contributed by atoms with Gasteiger partial charge in [-0.05, 0) is 48.9 Å². The molecule has 4 aliphatic rings. The Kier molecular flexibility index (Phi) is 11.1. The molecule has 0 spiro atoms. The molecule has 1 N–H and O–H groups in total. The minimum absolute atomic E-state index is 0.0392. The van der Waals surface area contributed by atoms with Crippen molar-refractivity contribution in [2.45, 2.75) is 88.9 Å². The summed E-state index contributed by atoms with van der Waals surface area (Å²) in [6.45, 7) is 8.10. The molecule has 4 heterocycles. The number of alkyl halides is 2. The highest BCUT2D eigenvalue weighted by Gasteiger charge is 2.63. The number of aromatic nitrogens is 2. The number of methoxy groups -OCH3 is 1. The predicted octanol–water partition coefficient (Wildman–Crippen LogP) is 4.42. The van der Waals surface area contributed by atoms with Gasteiger partial charge in [0.2, 0.25) is 17.7 Å². The summed E-state index contributed by atoms with van der Waals surface area (Å²) in [6, 6.07) is 10.7. The van der Waals surface area contributed by atoms with Crippen LogP contribution in [0.1, 0.15) is 59.3 Å². The number of carbonyl (C=O) groups excluding carboxylic acids is 4. The second-order valence-corrected chi connectivity index (χ2v) is 17.5. The van der Waals surface area contributed by atoms with Crippen LogP contribution in [-0.4, -0.2) is 113 Å². The van der Waals surface area contributed by atoms with Gasteiger partial charge in [-0.3, -0.25) is 32.7 Å². The Bertz CT molecular complexity index is 2150. The number of likely N-dealkylation sites (tertiary alicyclic amines) is 2. The minimum Gasteiger partial charge on any atom is -0.755 e. The van der Waals surface area contributed by atoms with Crippen LogP contribution in [0.15, 0.2) is 61.3 Å². The highest BCUT2D eigenvalue weighted by molar-refractivity contribution is 7.77. The first kappa shape index (κ1) is 41.1. The summed E-state index contributed by atoms with van der Waals surface area (Å²) in [5.74, 6) is -6.30. The topological polar surface area (TPSA) is 174 Å². The molecule has 1 aromatic carbocycles. The Labute approximate surface area is 337 Å². The van der Waals surface area contributed by atoms with Gasteiger partial charge in [0.15, 0.2) is 0 Å². The molecule has 7 rings (SSSR count). The number of ether oxygens (including phenoxy) is 2. The molecule has 2 aromatic heterocycles. The lowest BCUT2D eigenvalue weighted by Gasteiger charge is -2.36. The van der Waals surface area contributed by atoms with Crippen LogP contribution in [0.4, 0.5) is 8.78 Å². The van der Waals surface area contributed by atoms with Crippen molar-refractivity contribution in [2.24, 2.45) is 17.3 Å². The molecule has 4 amide bonds. The summed E-state index contributed by atoms with van der Waals surface area (Å²) in [6.07, 6.45) is 2.58. The maximum absolute atomic E-state index is 14.8. The predicted molar refractivity (Wildman–Crippen MR) is 208 cm³/mol. The lowest BCUT2D eigenvalue weighted by atomic mass is 9.77. The quantitative estimate of drug-likeness (QED) is 0.192. The van der Waals surface area contributed by atoms with Gasteiger partial charge in [0.05, 0.1) is 54.3 Å². The molecule has 4 fully saturated rings. The van der Waals surface area contributed by atoms with E-state index in [-0.39, 0.29) is 32.4 Å². The molecule has 0 bridgehead atoms. The van der Waals surface area contributed by atoms with Gasteiger partial charge in [-0.15, -0.1) is 6.58 Å². The van der Waals surface area contributed by atoms with E-state index in [1.807, 2.05) is 6.07 Å². The van der Waals surface area contributed by atoms with Crippen LogP contribution < -0.4 is 14.8 Å². The van der Waals surface area contributed by atoms with Crippen LogP contribution in [0.2, 0.25) is 0 Å². The average Bonchev–Trinajstić information content (AvgIpc) is 4.07. The first-order chi connectivity index (χ1) is 27.4. The molecule has 58 heavy (non-hydrogen) atoms. The SMILES string of the molecule is C=CC1C[C@]1(NC(=O)[C@@H]1C[C@@H](Oc2cc(-c3ccccn3)nc3cc(OC)ccc23)CN1C(=O)[C@@H](CC(=O)N1CCC(F)(F)C1)C(C)(C)C)C(=O)N(C1CC1)S(=O)[O-]. The van der Waals surface area contributed by atoms with Gasteiger partial charge < -0.3 is 29.1 Å². The van der Waals surface area contributed by atoms with E-state index in [2.05, 4.69) is 16.9 Å². The summed E-state index contributed by atoms with van der Waals surface area (Å²) in [5.41, 5.74) is -0.833. The first-order valence-corrected chi connectivity index (χ1v) is 20.4. The highest BCUT2D eigenvalue weighted by Crippen LogP contribution is 2.48. The Morgan fingerprint density at radius 3 is 2.50 bits per heavy atom. The number of nitrogens with zero attached hydrogens (tertiary/aromatic N) is 5. The van der Waals surface area contributed by atoms with Gasteiger partial charge in [-0.25, -0.2) is 13.8 Å². The van der Waals surface area contributed by atoms with Crippen LogP contribution in [0.5, 0.6) is 11.5 Å². The minimum atomic E-state index is -3.02. The van der Waals surface area contributed by atoms with Crippen molar-refractivity contribution in [1.82, 2.24) is 29.4 Å². The van der Waals surface area contributed by atoms with Crippen molar-refractivity contribution >= 4 is 45.8 Å². The Morgan fingerprint density at radius 1 is 1.16 bits per heavy atom. The smallest absolute Gasteiger partial charge is 0.267 e. The van der Waals surface area contributed by atoms with Gasteiger partial charge in [-0.2, -0.15) is 0 Å². The molecule has 3 aromatic rings. The zero-order valence-corrected chi connectivity index (χ0v) is 33.6. The number of hydrogen-bond acceptors (Lipinski definition) is 10. The van der Waals surface area contributed by atoms with E-state index in [9.17, 15) is 36.7 Å². The molecule has 2 aliphatic heterocycles. The third kappa shape index (κ3) is 8.28. The number of carbonyl (C=O) groups is 4. The van der Waals surface area contributed by atoms with Crippen molar-refractivity contribution < 1.29 is 46.2 Å². The summed E-state index contributed by atoms with van der Waals surface area (Å²) in [7, 11) is 1.54. The van der Waals surface area contributed by atoms with Crippen molar-refractivity contribution in [2.75, 3.05) is 26.7 Å². The van der Waals surface area contributed by atoms with E-state index in [0.29, 0.717) is 46.6 Å². The van der Waals surface area contributed by atoms with E-state index in [1.165, 1.54) is 18.1 Å². The lowest BCUT2D eigenvalue weighted by molar-refractivity contribution is -0.148. The normalized spacial score (nSPS) is 24.8. The fourth-order valence-electron chi connectivity index (χ4n) is 8.00. The van der Waals surface area contributed by atoms with E-state index in [0.717, 1.165) is 9.21 Å². The summed E-state index contributed by atoms with van der Waals surface area (Å²) in [4.78, 5) is 68.3. The molecule has 14 nitrogen and oxygen atoms in total. The second-order valence-electron chi connectivity index (χ2n) is 16.7. The molecule has 2 aliphatic carbocycles. The Balaban J connectivity index is 1.22. The third-order valence-electron chi connectivity index (χ3n) is 11.6. The molecule has 2 saturated carbocycles. The maximum atomic E-state index is 14.8. The second kappa shape index (κ2) is 15.6. The van der Waals surface area contributed by atoms with Gasteiger partial charge in [0, 0.05) is 61.5 Å². The van der Waals surface area contributed by atoms with E-state index in [4.69, 9.17) is 14.5 Å². The Hall–Kier alpha value is -5.03. The number of pyridine rings is 2. The summed E-state index contributed by atoms with van der Waals surface area (Å²) < 4.78 is 65.6. The number of benzene rings is 1. The van der Waals surface area contributed by atoms with Gasteiger partial charge in [-0.1, -0.05) is 32.9 Å². The molecular formula is C41H47F2N6O8S-. The highest BCUT2D eigenvalue weighted by atomic mass is 32.2. The number of fused-ring (bicyclic) bond motifs is 1. The van der Waals surface area contributed by atoms with Crippen LogP contribution in [0.3, 0.4) is 0 Å². The van der Waals surface area contributed by atoms with E-state index < -0.39 is 94.8 Å². The zero-order chi connectivity index (χ0) is 41.7. The molecule has 6 atom stereocenters. The standard InChI is InChI=1S/C41H48F2N6O8S/c1-6-24-21-41(24,38(53)49(58(54)55)25-10-11-25)46-36(51)33-18-27(22-48(33)37(52)29(39(2,3)4)19-35(50)47-16-14-40(42,43)23-47)57-34-20-32(30-9-7-8-15-44-30)45-31-17-26(56-5)12-13-28(31)34/h6-9,12-13,15,17,20,24-25,27,29,33H,1,10-11,14,16,18-19,21-23H2,2-5H3,(H,46,51)(H,54,55)/p-1/t24?,27-,29-,33+,41-/m1/s1. The number of amides is 4. The van der Waals surface area contributed by atoms with Crippen LogP contribution in [-0.2, 0) is 30.4 Å². The van der Waals surface area contributed by atoms with Crippen molar-refractivity contribution in [3.8, 4) is 22.9 Å². The monoisotopic (exact) mass is 821 g/mol. The van der Waals surface area contributed by atoms with Gasteiger partial charge in [0.25, 0.3) is 11.8 Å². The molecule has 17 heteroatoms. The molecule has 310 valence electrons. The van der Waals surface area contributed by atoms with Gasteiger partial charge >= 0.3 is 0 Å². The average molecular weight is 822 g/mol. The van der Waals surface area contributed by atoms with Gasteiger partial charge in [0.1, 0.15) is 29.2 Å². The number of hydrogen-bond donors (Lipinski definition) is 1. The lowest BCUT2D eigenvalue weighted by Crippen LogP contribution is -2.57. The summed E-state index contributed by atoms with van der Waals surface area (Å²) in [5, 5.41) is 3.45.